The minimum Gasteiger partial charge on any atom is -0.494 e. The molecule has 0 fully saturated rings. The summed E-state index contributed by atoms with van der Waals surface area (Å²) in [5, 5.41) is 3.35. The van der Waals surface area contributed by atoms with Gasteiger partial charge in [0.15, 0.2) is 0 Å². The third-order valence-electron chi connectivity index (χ3n) is 2.71. The second-order valence-corrected chi connectivity index (χ2v) is 6.35. The Labute approximate surface area is 140 Å². The second-order valence-electron chi connectivity index (χ2n) is 5.14. The summed E-state index contributed by atoms with van der Waals surface area (Å²) in [4.78, 5) is 10.7. The van der Waals surface area contributed by atoms with Crippen LogP contribution in [0.1, 0.15) is 33.1 Å². The van der Waals surface area contributed by atoms with Crippen LogP contribution in [0, 0.1) is 0 Å². The van der Waals surface area contributed by atoms with Crippen molar-refractivity contribution in [3.8, 4) is 5.75 Å². The quantitative estimate of drug-likeness (QED) is 0.343. The highest BCUT2D eigenvalue weighted by atomic mass is 127. The van der Waals surface area contributed by atoms with Gasteiger partial charge in [-0.3, -0.25) is 4.79 Å². The molecule has 0 heterocycles. The number of halogens is 1. The van der Waals surface area contributed by atoms with Crippen molar-refractivity contribution < 1.29 is 14.3 Å². The number of rotatable bonds is 11. The van der Waals surface area contributed by atoms with Crippen molar-refractivity contribution in [1.82, 2.24) is 0 Å². The molecule has 0 saturated carbocycles. The van der Waals surface area contributed by atoms with Gasteiger partial charge in [-0.15, -0.1) is 0 Å². The van der Waals surface area contributed by atoms with Crippen molar-refractivity contribution in [2.24, 2.45) is 0 Å². The van der Waals surface area contributed by atoms with E-state index in [2.05, 4.69) is 19.2 Å². The van der Waals surface area contributed by atoms with E-state index in [9.17, 15) is 4.79 Å². The lowest BCUT2D eigenvalue weighted by Crippen LogP contribution is -2.09. The first-order chi connectivity index (χ1) is 10.1. The van der Waals surface area contributed by atoms with Gasteiger partial charge >= 0.3 is 0 Å². The Morgan fingerprint density at radius 1 is 1.24 bits per heavy atom. The Morgan fingerprint density at radius 2 is 2.00 bits per heavy atom. The highest BCUT2D eigenvalue weighted by Crippen LogP contribution is 2.18. The second kappa shape index (κ2) is 10.8. The number of carbonyl (C=O) groups excluding carboxylic acids is 1. The van der Waals surface area contributed by atoms with Crippen LogP contribution >= 0.6 is 22.6 Å². The highest BCUT2D eigenvalue weighted by Gasteiger charge is 1.99. The minimum atomic E-state index is 0.0471. The van der Waals surface area contributed by atoms with E-state index in [0.29, 0.717) is 19.3 Å². The zero-order valence-electron chi connectivity index (χ0n) is 12.7. The number of carbonyl (C=O) groups is 1. The summed E-state index contributed by atoms with van der Waals surface area (Å²) in [5.74, 6) is 0.896. The molecule has 1 aromatic carbocycles. The van der Waals surface area contributed by atoms with Gasteiger partial charge in [-0.25, -0.2) is 0 Å². The largest absolute Gasteiger partial charge is 0.494 e. The standard InChI is InChI=1S/C16H24INO3/c1-13(2)18-14-7-6-8-15(11-14)21-10-5-3-4-9-20-12-16(17)19/h6-8,11,13,18H,3-5,9-10,12H2,1-2H3. The van der Waals surface area contributed by atoms with Crippen LogP contribution in [0.2, 0.25) is 0 Å². The van der Waals surface area contributed by atoms with E-state index < -0.39 is 0 Å². The van der Waals surface area contributed by atoms with Gasteiger partial charge in [-0.1, -0.05) is 6.07 Å². The Morgan fingerprint density at radius 3 is 2.71 bits per heavy atom. The third kappa shape index (κ3) is 9.68. The summed E-state index contributed by atoms with van der Waals surface area (Å²) in [6, 6.07) is 8.44. The number of hydrogen-bond acceptors (Lipinski definition) is 4. The van der Waals surface area contributed by atoms with Gasteiger partial charge in [-0.2, -0.15) is 0 Å². The third-order valence-corrected chi connectivity index (χ3v) is 3.02. The van der Waals surface area contributed by atoms with Crippen LogP contribution < -0.4 is 10.1 Å². The number of unbranched alkanes of at least 4 members (excludes halogenated alkanes) is 2. The van der Waals surface area contributed by atoms with Crippen molar-refractivity contribution in [2.45, 2.75) is 39.2 Å². The van der Waals surface area contributed by atoms with Gasteiger partial charge in [0.1, 0.15) is 12.4 Å². The van der Waals surface area contributed by atoms with Gasteiger partial charge in [-0.05, 0) is 45.2 Å². The number of anilines is 1. The van der Waals surface area contributed by atoms with Crippen LogP contribution in [0.3, 0.4) is 0 Å². The first-order valence-corrected chi connectivity index (χ1v) is 8.41. The first kappa shape index (κ1) is 18.2. The lowest BCUT2D eigenvalue weighted by molar-refractivity contribution is -0.113. The predicted octanol–water partition coefficient (Wildman–Crippen LogP) is 4.03. The Balaban J connectivity index is 2.11. The molecule has 5 heteroatoms. The fourth-order valence-corrected chi connectivity index (χ4v) is 2.05. The predicted molar refractivity (Wildman–Crippen MR) is 94.4 cm³/mol. The van der Waals surface area contributed by atoms with Crippen LogP contribution in [-0.4, -0.2) is 29.7 Å². The van der Waals surface area contributed by atoms with E-state index >= 15 is 0 Å². The number of hydrogen-bond donors (Lipinski definition) is 1. The molecular weight excluding hydrogens is 381 g/mol. The fraction of sp³-hybridized carbons (Fsp3) is 0.562. The minimum absolute atomic E-state index is 0.0471. The molecule has 4 nitrogen and oxygen atoms in total. The van der Waals surface area contributed by atoms with Gasteiger partial charge in [0.25, 0.3) is 0 Å². The number of ether oxygens (including phenoxy) is 2. The van der Waals surface area contributed by atoms with Crippen LogP contribution in [0.4, 0.5) is 5.69 Å². The van der Waals surface area contributed by atoms with E-state index in [0.717, 1.165) is 30.7 Å². The summed E-state index contributed by atoms with van der Waals surface area (Å²) in [5.41, 5.74) is 1.08. The van der Waals surface area contributed by atoms with Crippen LogP contribution in [0.15, 0.2) is 24.3 Å². The van der Waals surface area contributed by atoms with Crippen molar-refractivity contribution in [2.75, 3.05) is 25.1 Å². The van der Waals surface area contributed by atoms with Crippen LogP contribution in [-0.2, 0) is 9.53 Å². The van der Waals surface area contributed by atoms with Gasteiger partial charge in [0.05, 0.1) is 6.61 Å². The maximum atomic E-state index is 10.7. The summed E-state index contributed by atoms with van der Waals surface area (Å²) in [7, 11) is 0. The molecule has 0 amide bonds. The maximum absolute atomic E-state index is 10.7. The van der Waals surface area contributed by atoms with E-state index in [1.165, 1.54) is 0 Å². The van der Waals surface area contributed by atoms with E-state index in [1.54, 1.807) is 22.6 Å². The molecule has 1 rings (SSSR count). The molecule has 0 saturated heterocycles. The molecule has 0 radical (unpaired) electrons. The summed E-state index contributed by atoms with van der Waals surface area (Å²) in [6.07, 6.45) is 2.99. The van der Waals surface area contributed by atoms with Crippen molar-refractivity contribution in [1.29, 1.82) is 0 Å². The molecule has 0 aliphatic rings. The van der Waals surface area contributed by atoms with Crippen molar-refractivity contribution in [3.63, 3.8) is 0 Å². The normalized spacial score (nSPS) is 10.7. The molecule has 0 spiro atoms. The lowest BCUT2D eigenvalue weighted by atomic mass is 10.2. The smallest absolute Gasteiger partial charge is 0.217 e. The zero-order chi connectivity index (χ0) is 15.5. The number of nitrogens with one attached hydrogen (secondary N) is 1. The molecule has 1 aromatic rings. The Hall–Kier alpha value is -0.820. The van der Waals surface area contributed by atoms with Crippen LogP contribution in [0.25, 0.3) is 0 Å². The Bertz CT molecular complexity index is 424. The average Bonchev–Trinajstić information content (AvgIpc) is 2.41. The molecule has 118 valence electrons. The molecule has 0 aliphatic carbocycles. The summed E-state index contributed by atoms with van der Waals surface area (Å²) >= 11 is 1.74. The monoisotopic (exact) mass is 405 g/mol. The summed E-state index contributed by atoms with van der Waals surface area (Å²) in [6.45, 7) is 5.79. The lowest BCUT2D eigenvalue weighted by Gasteiger charge is -2.12. The molecule has 21 heavy (non-hydrogen) atoms. The van der Waals surface area contributed by atoms with E-state index in [4.69, 9.17) is 9.47 Å². The molecule has 0 bridgehead atoms. The van der Waals surface area contributed by atoms with E-state index in [-0.39, 0.29) is 10.4 Å². The molecule has 0 aliphatic heterocycles. The number of benzene rings is 1. The topological polar surface area (TPSA) is 47.6 Å². The molecule has 0 aromatic heterocycles. The molecular formula is C16H24INO3. The van der Waals surface area contributed by atoms with Crippen molar-refractivity contribution >= 4 is 32.1 Å². The SMILES string of the molecule is CC(C)Nc1cccc(OCCCCCOCC(=O)I)c1. The van der Waals surface area contributed by atoms with Crippen LogP contribution in [0.5, 0.6) is 5.75 Å². The van der Waals surface area contributed by atoms with Gasteiger partial charge in [0, 0.05) is 47.0 Å². The van der Waals surface area contributed by atoms with Crippen molar-refractivity contribution in [3.05, 3.63) is 24.3 Å². The molecule has 1 N–H and O–H groups in total. The summed E-state index contributed by atoms with van der Waals surface area (Å²) < 4.78 is 11.0. The Kier molecular flexibility index (Phi) is 9.41. The zero-order valence-corrected chi connectivity index (χ0v) is 14.9. The molecule has 0 unspecified atom stereocenters. The van der Waals surface area contributed by atoms with Gasteiger partial charge < -0.3 is 14.8 Å². The first-order valence-electron chi connectivity index (χ1n) is 7.33. The maximum Gasteiger partial charge on any atom is 0.217 e. The van der Waals surface area contributed by atoms with Gasteiger partial charge in [0.2, 0.25) is 3.79 Å². The van der Waals surface area contributed by atoms with E-state index in [1.807, 2.05) is 24.3 Å². The molecule has 0 atom stereocenters. The average molecular weight is 405 g/mol. The highest BCUT2D eigenvalue weighted by molar-refractivity contribution is 14.1. The fourth-order valence-electron chi connectivity index (χ4n) is 1.83.